The van der Waals surface area contributed by atoms with Crippen molar-refractivity contribution in [2.75, 3.05) is 6.54 Å². The molecule has 0 amide bonds. The molecule has 3 heteroatoms. The van der Waals surface area contributed by atoms with Crippen LogP contribution in [-0.2, 0) is 0 Å². The highest BCUT2D eigenvalue weighted by Crippen LogP contribution is 2.35. The first-order valence-electron chi connectivity index (χ1n) is 8.45. The highest BCUT2D eigenvalue weighted by atomic mass is 19.1. The summed E-state index contributed by atoms with van der Waals surface area (Å²) in [6.45, 7) is 3.24. The Hall–Kier alpha value is -1.74. The van der Waals surface area contributed by atoms with Crippen molar-refractivity contribution in [3.63, 3.8) is 0 Å². The molecular weight excluding hydrogens is 292 g/mol. The first kappa shape index (κ1) is 16.1. The van der Waals surface area contributed by atoms with Crippen LogP contribution < -0.4 is 0 Å². The molecule has 1 saturated heterocycles. The minimum Gasteiger partial charge on any atom is -0.289 e. The lowest BCUT2D eigenvalue weighted by molar-refractivity contribution is 0.110. The molecule has 0 N–H and O–H groups in total. The number of hydrogen-bond acceptors (Lipinski definition) is 1. The van der Waals surface area contributed by atoms with Crippen molar-refractivity contribution in [1.82, 2.24) is 4.90 Å². The number of hydrogen-bond donors (Lipinski definition) is 0. The quantitative estimate of drug-likeness (QED) is 0.738. The van der Waals surface area contributed by atoms with Crippen molar-refractivity contribution in [2.45, 2.75) is 44.7 Å². The van der Waals surface area contributed by atoms with Gasteiger partial charge in [0.2, 0.25) is 0 Å². The maximum atomic E-state index is 13.3. The molecule has 2 aromatic carbocycles. The molecule has 122 valence electrons. The molecule has 0 unspecified atom stereocenters. The van der Waals surface area contributed by atoms with Gasteiger partial charge in [-0.2, -0.15) is 0 Å². The van der Waals surface area contributed by atoms with E-state index in [0.29, 0.717) is 6.04 Å². The predicted molar refractivity (Wildman–Crippen MR) is 89.3 cm³/mol. The van der Waals surface area contributed by atoms with Crippen LogP contribution in [0.15, 0.2) is 48.5 Å². The van der Waals surface area contributed by atoms with Gasteiger partial charge in [0, 0.05) is 6.04 Å². The van der Waals surface area contributed by atoms with Crippen molar-refractivity contribution in [1.29, 1.82) is 0 Å². The van der Waals surface area contributed by atoms with Gasteiger partial charge in [-0.3, -0.25) is 4.90 Å². The fraction of sp³-hybridized carbons (Fsp3) is 0.400. The normalized spacial score (nSPS) is 19.2. The SMILES string of the molecule is CC[C@@H]1CCCCN1C(c1ccc(F)cc1)c1ccc(F)cc1. The maximum absolute atomic E-state index is 13.3. The number of likely N-dealkylation sites (tertiary alicyclic amines) is 1. The van der Waals surface area contributed by atoms with E-state index in [1.54, 1.807) is 0 Å². The summed E-state index contributed by atoms with van der Waals surface area (Å²) in [6, 6.07) is 14.0. The lowest BCUT2D eigenvalue weighted by Gasteiger charge is -2.41. The minimum atomic E-state index is -0.225. The largest absolute Gasteiger partial charge is 0.289 e. The molecule has 0 aromatic heterocycles. The lowest BCUT2D eigenvalue weighted by atomic mass is 9.91. The Kier molecular flexibility index (Phi) is 5.06. The molecule has 0 radical (unpaired) electrons. The molecular formula is C20H23F2N. The molecule has 1 aliphatic heterocycles. The van der Waals surface area contributed by atoms with Crippen LogP contribution in [-0.4, -0.2) is 17.5 Å². The molecule has 0 aliphatic carbocycles. The Morgan fingerprint density at radius 1 is 0.913 bits per heavy atom. The molecule has 3 rings (SSSR count). The molecule has 1 aliphatic rings. The Morgan fingerprint density at radius 3 is 1.91 bits per heavy atom. The monoisotopic (exact) mass is 315 g/mol. The number of piperidine rings is 1. The van der Waals surface area contributed by atoms with Crippen molar-refractivity contribution in [3.05, 3.63) is 71.3 Å². The van der Waals surface area contributed by atoms with Crippen LogP contribution >= 0.6 is 0 Å². The van der Waals surface area contributed by atoms with Gasteiger partial charge in [-0.25, -0.2) is 8.78 Å². The maximum Gasteiger partial charge on any atom is 0.123 e. The number of rotatable bonds is 4. The van der Waals surface area contributed by atoms with Gasteiger partial charge in [0.05, 0.1) is 6.04 Å². The predicted octanol–water partition coefficient (Wildman–Crippen LogP) is 5.32. The topological polar surface area (TPSA) is 3.24 Å². The average Bonchev–Trinajstić information content (AvgIpc) is 2.59. The second-order valence-electron chi connectivity index (χ2n) is 6.30. The summed E-state index contributed by atoms with van der Waals surface area (Å²) in [5, 5.41) is 0. The zero-order valence-electron chi connectivity index (χ0n) is 13.5. The van der Waals surface area contributed by atoms with Gasteiger partial charge in [0.15, 0.2) is 0 Å². The van der Waals surface area contributed by atoms with Crippen molar-refractivity contribution < 1.29 is 8.78 Å². The first-order valence-corrected chi connectivity index (χ1v) is 8.45. The summed E-state index contributed by atoms with van der Waals surface area (Å²) in [7, 11) is 0. The van der Waals surface area contributed by atoms with Crippen LogP contribution in [0.2, 0.25) is 0 Å². The summed E-state index contributed by atoms with van der Waals surface area (Å²) >= 11 is 0. The van der Waals surface area contributed by atoms with E-state index in [9.17, 15) is 8.78 Å². The molecule has 1 nitrogen and oxygen atoms in total. The summed E-state index contributed by atoms with van der Waals surface area (Å²) < 4.78 is 26.7. The summed E-state index contributed by atoms with van der Waals surface area (Å²) in [6.07, 6.45) is 4.72. The van der Waals surface area contributed by atoms with E-state index in [1.165, 1.54) is 43.5 Å². The van der Waals surface area contributed by atoms with Crippen LogP contribution in [0.4, 0.5) is 8.78 Å². The van der Waals surface area contributed by atoms with Crippen LogP contribution in [0, 0.1) is 11.6 Å². The van der Waals surface area contributed by atoms with E-state index in [1.807, 2.05) is 24.3 Å². The number of halogens is 2. The zero-order valence-corrected chi connectivity index (χ0v) is 13.5. The zero-order chi connectivity index (χ0) is 16.2. The van der Waals surface area contributed by atoms with E-state index in [-0.39, 0.29) is 17.7 Å². The van der Waals surface area contributed by atoms with Gasteiger partial charge in [0.25, 0.3) is 0 Å². The Balaban J connectivity index is 2.01. The fourth-order valence-corrected chi connectivity index (χ4v) is 3.67. The van der Waals surface area contributed by atoms with E-state index in [2.05, 4.69) is 11.8 Å². The second kappa shape index (κ2) is 7.22. The van der Waals surface area contributed by atoms with Crippen LogP contribution in [0.5, 0.6) is 0 Å². The van der Waals surface area contributed by atoms with Crippen molar-refractivity contribution >= 4 is 0 Å². The molecule has 0 bridgehead atoms. The summed E-state index contributed by atoms with van der Waals surface area (Å²) in [5.74, 6) is -0.449. The second-order valence-corrected chi connectivity index (χ2v) is 6.30. The molecule has 1 fully saturated rings. The average molecular weight is 315 g/mol. The van der Waals surface area contributed by atoms with Crippen molar-refractivity contribution in [2.24, 2.45) is 0 Å². The van der Waals surface area contributed by atoms with Gasteiger partial charge in [0.1, 0.15) is 11.6 Å². The Morgan fingerprint density at radius 2 is 1.43 bits per heavy atom. The Labute approximate surface area is 136 Å². The third kappa shape index (κ3) is 3.61. The van der Waals surface area contributed by atoms with Crippen LogP contribution in [0.25, 0.3) is 0 Å². The van der Waals surface area contributed by atoms with Gasteiger partial charge in [-0.1, -0.05) is 37.6 Å². The summed E-state index contributed by atoms with van der Waals surface area (Å²) in [5.41, 5.74) is 2.14. The number of nitrogens with zero attached hydrogens (tertiary/aromatic N) is 1. The van der Waals surface area contributed by atoms with Gasteiger partial charge < -0.3 is 0 Å². The number of benzene rings is 2. The fourth-order valence-electron chi connectivity index (χ4n) is 3.67. The highest BCUT2D eigenvalue weighted by molar-refractivity contribution is 5.32. The van der Waals surface area contributed by atoms with Crippen molar-refractivity contribution in [3.8, 4) is 0 Å². The molecule has 1 atom stereocenters. The van der Waals surface area contributed by atoms with Gasteiger partial charge >= 0.3 is 0 Å². The van der Waals surface area contributed by atoms with E-state index in [4.69, 9.17) is 0 Å². The lowest BCUT2D eigenvalue weighted by Crippen LogP contribution is -2.42. The standard InChI is InChI=1S/C20H23F2N/c1-2-19-5-3-4-14-23(19)20(15-6-10-17(21)11-7-15)16-8-12-18(22)13-9-16/h6-13,19-20H,2-5,14H2,1H3/t19-/m1/s1. The van der Waals surface area contributed by atoms with Gasteiger partial charge in [-0.15, -0.1) is 0 Å². The molecule has 23 heavy (non-hydrogen) atoms. The van der Waals surface area contributed by atoms with E-state index >= 15 is 0 Å². The molecule has 0 spiro atoms. The minimum absolute atomic E-state index is 0.0569. The molecule has 2 aromatic rings. The molecule has 0 saturated carbocycles. The van der Waals surface area contributed by atoms with Crippen LogP contribution in [0.1, 0.15) is 49.8 Å². The Bertz CT molecular complexity index is 576. The van der Waals surface area contributed by atoms with Gasteiger partial charge in [-0.05, 0) is 61.2 Å². The summed E-state index contributed by atoms with van der Waals surface area (Å²) in [4.78, 5) is 2.50. The highest BCUT2D eigenvalue weighted by Gasteiger charge is 2.30. The smallest absolute Gasteiger partial charge is 0.123 e. The first-order chi connectivity index (χ1) is 11.2. The third-order valence-electron chi connectivity index (χ3n) is 4.85. The van der Waals surface area contributed by atoms with E-state index in [0.717, 1.165) is 24.1 Å². The van der Waals surface area contributed by atoms with Crippen LogP contribution in [0.3, 0.4) is 0 Å². The molecule has 1 heterocycles. The third-order valence-corrected chi connectivity index (χ3v) is 4.85. The van der Waals surface area contributed by atoms with E-state index < -0.39 is 0 Å².